The fourth-order valence-electron chi connectivity index (χ4n) is 4.91. The number of ether oxygens (including phenoxy) is 2. The quantitative estimate of drug-likeness (QED) is 0.390. The number of halogens is 3. The number of unbranched alkanes of at least 4 members (excludes halogenated alkanes) is 1. The molecule has 9 heteroatoms. The molecule has 0 unspecified atom stereocenters. The Labute approximate surface area is 222 Å². The van der Waals surface area contributed by atoms with Crippen LogP contribution in [0.25, 0.3) is 0 Å². The van der Waals surface area contributed by atoms with E-state index in [1.54, 1.807) is 18.3 Å². The van der Waals surface area contributed by atoms with Crippen LogP contribution in [0, 0.1) is 5.92 Å². The highest BCUT2D eigenvalue weighted by atomic mass is 35.5. The Morgan fingerprint density at radius 2 is 1.91 bits per heavy atom. The van der Waals surface area contributed by atoms with Crippen LogP contribution in [-0.2, 0) is 9.53 Å². The first-order chi connectivity index (χ1) is 16.9. The summed E-state index contributed by atoms with van der Waals surface area (Å²) in [6.45, 7) is 7.87. The monoisotopic (exact) mass is 539 g/mol. The molecule has 0 aliphatic carbocycles. The maximum Gasteiger partial charge on any atom is 0.222 e. The summed E-state index contributed by atoms with van der Waals surface area (Å²) in [5, 5.41) is 1.60. The SMILES string of the molecule is C[C@@H](Oc1ccc(Cl)cn1)[C@@H]1CN(C(=O)CCCCN2CCOCC2)C[C@H]1c1ccc(Cl)c(Cl)c1. The first-order valence-electron chi connectivity index (χ1n) is 12.2. The molecule has 190 valence electrons. The second kappa shape index (κ2) is 12.6. The van der Waals surface area contributed by atoms with Gasteiger partial charge in [-0.05, 0) is 50.1 Å². The number of aromatic nitrogens is 1. The van der Waals surface area contributed by atoms with Gasteiger partial charge in [0.05, 0.1) is 28.3 Å². The minimum Gasteiger partial charge on any atom is -0.474 e. The van der Waals surface area contributed by atoms with Gasteiger partial charge >= 0.3 is 0 Å². The molecule has 2 saturated heterocycles. The number of nitrogens with zero attached hydrogens (tertiary/aromatic N) is 3. The molecule has 2 fully saturated rings. The Kier molecular flexibility index (Phi) is 9.53. The Morgan fingerprint density at radius 1 is 1.11 bits per heavy atom. The van der Waals surface area contributed by atoms with E-state index in [0.717, 1.165) is 51.3 Å². The highest BCUT2D eigenvalue weighted by Crippen LogP contribution is 2.38. The van der Waals surface area contributed by atoms with E-state index in [9.17, 15) is 4.79 Å². The first-order valence-corrected chi connectivity index (χ1v) is 13.3. The predicted molar refractivity (Wildman–Crippen MR) is 140 cm³/mol. The van der Waals surface area contributed by atoms with Crippen molar-refractivity contribution in [2.75, 3.05) is 45.9 Å². The summed E-state index contributed by atoms with van der Waals surface area (Å²) in [4.78, 5) is 21.8. The predicted octanol–water partition coefficient (Wildman–Crippen LogP) is 5.55. The summed E-state index contributed by atoms with van der Waals surface area (Å²) in [5.41, 5.74) is 1.06. The number of carbonyl (C=O) groups excluding carboxylic acids is 1. The van der Waals surface area contributed by atoms with Gasteiger partial charge in [-0.25, -0.2) is 4.98 Å². The molecule has 0 radical (unpaired) electrons. The molecular weight excluding hydrogens is 509 g/mol. The molecule has 2 aromatic rings. The molecule has 6 nitrogen and oxygen atoms in total. The van der Waals surface area contributed by atoms with Gasteiger partial charge in [0.1, 0.15) is 6.10 Å². The third-order valence-electron chi connectivity index (χ3n) is 6.92. The van der Waals surface area contributed by atoms with Crippen LogP contribution in [0.3, 0.4) is 0 Å². The molecule has 1 aromatic carbocycles. The Morgan fingerprint density at radius 3 is 2.63 bits per heavy atom. The zero-order valence-corrected chi connectivity index (χ0v) is 22.2. The Bertz CT molecular complexity index is 986. The van der Waals surface area contributed by atoms with Crippen molar-refractivity contribution in [2.24, 2.45) is 5.92 Å². The van der Waals surface area contributed by atoms with E-state index >= 15 is 0 Å². The number of morpholine rings is 1. The summed E-state index contributed by atoms with van der Waals surface area (Å²) in [6.07, 6.45) is 3.86. The highest BCUT2D eigenvalue weighted by molar-refractivity contribution is 6.42. The minimum absolute atomic E-state index is 0.0852. The van der Waals surface area contributed by atoms with E-state index in [0.29, 0.717) is 40.5 Å². The van der Waals surface area contributed by atoms with Crippen molar-refractivity contribution in [3.63, 3.8) is 0 Å². The van der Waals surface area contributed by atoms with E-state index in [1.165, 1.54) is 0 Å². The van der Waals surface area contributed by atoms with Gasteiger partial charge in [-0.3, -0.25) is 9.69 Å². The molecule has 0 bridgehead atoms. The van der Waals surface area contributed by atoms with Crippen LogP contribution in [0.1, 0.15) is 37.7 Å². The smallest absolute Gasteiger partial charge is 0.222 e. The molecule has 1 aromatic heterocycles. The van der Waals surface area contributed by atoms with Crippen molar-refractivity contribution in [3.8, 4) is 5.88 Å². The summed E-state index contributed by atoms with van der Waals surface area (Å²) in [5.74, 6) is 0.880. The molecule has 0 N–H and O–H groups in total. The van der Waals surface area contributed by atoms with Crippen molar-refractivity contribution < 1.29 is 14.3 Å². The average molecular weight is 541 g/mol. The molecule has 35 heavy (non-hydrogen) atoms. The Hall–Kier alpha value is -1.57. The number of pyridine rings is 1. The number of amides is 1. The van der Waals surface area contributed by atoms with Gasteiger partial charge in [-0.1, -0.05) is 40.9 Å². The first kappa shape index (κ1) is 26.5. The van der Waals surface area contributed by atoms with Crippen LogP contribution < -0.4 is 4.74 Å². The number of hydrogen-bond donors (Lipinski definition) is 0. The fraction of sp³-hybridized carbons (Fsp3) is 0.538. The van der Waals surface area contributed by atoms with Crippen LogP contribution >= 0.6 is 34.8 Å². The summed E-state index contributed by atoms with van der Waals surface area (Å²) in [6, 6.07) is 9.24. The molecule has 1 amide bonds. The maximum atomic E-state index is 13.1. The number of hydrogen-bond acceptors (Lipinski definition) is 5. The molecule has 3 atom stereocenters. The third kappa shape index (κ3) is 7.23. The van der Waals surface area contributed by atoms with Crippen molar-refractivity contribution in [3.05, 3.63) is 57.2 Å². The van der Waals surface area contributed by atoms with E-state index in [2.05, 4.69) is 9.88 Å². The van der Waals surface area contributed by atoms with Crippen molar-refractivity contribution >= 4 is 40.7 Å². The minimum atomic E-state index is -0.165. The normalized spacial score (nSPS) is 21.8. The molecular formula is C26H32Cl3N3O3. The zero-order chi connectivity index (χ0) is 24.8. The second-order valence-electron chi connectivity index (χ2n) is 9.29. The molecule has 0 spiro atoms. The van der Waals surface area contributed by atoms with Gasteiger partial charge in [0, 0.05) is 56.7 Å². The van der Waals surface area contributed by atoms with E-state index in [4.69, 9.17) is 44.3 Å². The molecule has 3 heterocycles. The van der Waals surface area contributed by atoms with E-state index in [1.807, 2.05) is 30.0 Å². The average Bonchev–Trinajstić information content (AvgIpc) is 3.31. The summed E-state index contributed by atoms with van der Waals surface area (Å²) < 4.78 is 11.6. The van der Waals surface area contributed by atoms with Crippen molar-refractivity contribution in [1.82, 2.24) is 14.8 Å². The highest BCUT2D eigenvalue weighted by Gasteiger charge is 2.40. The van der Waals surface area contributed by atoms with Crippen LogP contribution in [0.2, 0.25) is 15.1 Å². The van der Waals surface area contributed by atoms with Gasteiger partial charge < -0.3 is 14.4 Å². The van der Waals surface area contributed by atoms with Crippen molar-refractivity contribution in [2.45, 2.75) is 38.2 Å². The summed E-state index contributed by atoms with van der Waals surface area (Å²) >= 11 is 18.5. The molecule has 4 rings (SSSR count). The third-order valence-corrected chi connectivity index (χ3v) is 7.88. The topological polar surface area (TPSA) is 54.9 Å². The lowest BCUT2D eigenvalue weighted by Gasteiger charge is -2.26. The van der Waals surface area contributed by atoms with Gasteiger partial charge in [0.15, 0.2) is 0 Å². The summed E-state index contributed by atoms with van der Waals surface area (Å²) in [7, 11) is 0. The van der Waals surface area contributed by atoms with Gasteiger partial charge in [0.25, 0.3) is 0 Å². The van der Waals surface area contributed by atoms with Crippen LogP contribution in [0.15, 0.2) is 36.5 Å². The molecule has 2 aliphatic rings. The lowest BCUT2D eigenvalue weighted by molar-refractivity contribution is -0.130. The molecule has 0 saturated carbocycles. The maximum absolute atomic E-state index is 13.1. The largest absolute Gasteiger partial charge is 0.474 e. The van der Waals surface area contributed by atoms with Gasteiger partial charge in [0.2, 0.25) is 11.8 Å². The lowest BCUT2D eigenvalue weighted by Crippen LogP contribution is -2.37. The van der Waals surface area contributed by atoms with Gasteiger partial charge in [-0.2, -0.15) is 0 Å². The second-order valence-corrected chi connectivity index (χ2v) is 10.5. The number of likely N-dealkylation sites (tertiary alicyclic amines) is 1. The van der Waals surface area contributed by atoms with E-state index < -0.39 is 0 Å². The number of rotatable bonds is 9. The fourth-order valence-corrected chi connectivity index (χ4v) is 5.33. The number of benzene rings is 1. The number of carbonyl (C=O) groups is 1. The van der Waals surface area contributed by atoms with Crippen molar-refractivity contribution in [1.29, 1.82) is 0 Å². The van der Waals surface area contributed by atoms with Crippen LogP contribution in [-0.4, -0.2) is 72.7 Å². The van der Waals surface area contributed by atoms with Gasteiger partial charge in [-0.15, -0.1) is 0 Å². The van der Waals surface area contributed by atoms with E-state index in [-0.39, 0.29) is 23.8 Å². The standard InChI is InChI=1S/C26H32Cl3N3O3/c1-18(35-25-8-6-20(27)15-30-25)21-16-32(17-22(21)19-5-7-23(28)24(29)14-19)26(33)4-2-3-9-31-10-12-34-13-11-31/h5-8,14-15,18,21-22H,2-4,9-13,16-17H2,1H3/t18-,21+,22+/m1/s1. The molecule has 2 aliphatic heterocycles. The Balaban J connectivity index is 1.39. The van der Waals surface area contributed by atoms with Crippen LogP contribution in [0.4, 0.5) is 0 Å². The lowest BCUT2D eigenvalue weighted by atomic mass is 9.86. The van der Waals surface area contributed by atoms with Crippen LogP contribution in [0.5, 0.6) is 5.88 Å². The zero-order valence-electron chi connectivity index (χ0n) is 20.0.